The SMILES string of the molecule is N#Cc1ccc(C(=O)N(CCn2cccn2)c2nc3ccc(F)cc3s2)cc1. The average molecular weight is 391 g/mol. The van der Waals surface area contributed by atoms with Gasteiger partial charge in [-0.15, -0.1) is 0 Å². The highest BCUT2D eigenvalue weighted by Crippen LogP contribution is 2.30. The smallest absolute Gasteiger partial charge is 0.260 e. The second-order valence-electron chi connectivity index (χ2n) is 6.02. The summed E-state index contributed by atoms with van der Waals surface area (Å²) in [6.45, 7) is 0.835. The molecule has 28 heavy (non-hydrogen) atoms. The minimum Gasteiger partial charge on any atom is -0.282 e. The van der Waals surface area contributed by atoms with Crippen LogP contribution in [0.5, 0.6) is 0 Å². The fraction of sp³-hybridized carbons (Fsp3) is 0.100. The van der Waals surface area contributed by atoms with Gasteiger partial charge in [0.1, 0.15) is 5.82 Å². The molecule has 1 amide bonds. The minimum atomic E-state index is -0.343. The van der Waals surface area contributed by atoms with Gasteiger partial charge in [0.2, 0.25) is 0 Å². The Morgan fingerprint density at radius 1 is 1.25 bits per heavy atom. The molecule has 0 aliphatic carbocycles. The molecular formula is C20H14FN5OS. The van der Waals surface area contributed by atoms with E-state index < -0.39 is 0 Å². The number of rotatable bonds is 5. The molecule has 2 aromatic carbocycles. The van der Waals surface area contributed by atoms with Crippen molar-refractivity contribution < 1.29 is 9.18 Å². The number of aromatic nitrogens is 3. The molecule has 4 aromatic rings. The summed E-state index contributed by atoms with van der Waals surface area (Å²) in [4.78, 5) is 19.2. The third-order valence-corrected chi connectivity index (χ3v) is 5.23. The summed E-state index contributed by atoms with van der Waals surface area (Å²) < 4.78 is 15.9. The molecule has 0 radical (unpaired) electrons. The standard InChI is InChI=1S/C20H14FN5OS/c21-16-6-7-17-18(12-16)28-20(24-17)26(11-10-25-9-1-8-23-25)19(27)15-4-2-14(13-22)3-5-15/h1-9,12H,10-11H2. The van der Waals surface area contributed by atoms with Gasteiger partial charge in [-0.05, 0) is 48.5 Å². The quantitative estimate of drug-likeness (QED) is 0.518. The third-order valence-electron chi connectivity index (χ3n) is 4.19. The summed E-state index contributed by atoms with van der Waals surface area (Å²) >= 11 is 1.26. The van der Waals surface area contributed by atoms with E-state index in [1.165, 1.54) is 23.5 Å². The van der Waals surface area contributed by atoms with E-state index in [-0.39, 0.29) is 11.7 Å². The number of amides is 1. The maximum Gasteiger partial charge on any atom is 0.260 e. The molecule has 2 aromatic heterocycles. The van der Waals surface area contributed by atoms with Crippen molar-refractivity contribution in [1.29, 1.82) is 5.26 Å². The van der Waals surface area contributed by atoms with E-state index in [0.29, 0.717) is 39.6 Å². The largest absolute Gasteiger partial charge is 0.282 e. The summed E-state index contributed by atoms with van der Waals surface area (Å²) in [5.74, 6) is -0.583. The molecule has 0 fully saturated rings. The monoisotopic (exact) mass is 391 g/mol. The zero-order valence-corrected chi connectivity index (χ0v) is 15.4. The normalized spacial score (nSPS) is 10.7. The van der Waals surface area contributed by atoms with Crippen molar-refractivity contribution in [3.8, 4) is 6.07 Å². The molecule has 0 spiro atoms. The Bertz CT molecular complexity index is 1160. The molecular weight excluding hydrogens is 377 g/mol. The Balaban J connectivity index is 1.69. The first kappa shape index (κ1) is 17.8. The van der Waals surface area contributed by atoms with Gasteiger partial charge in [0.25, 0.3) is 5.91 Å². The van der Waals surface area contributed by atoms with Gasteiger partial charge in [-0.1, -0.05) is 11.3 Å². The topological polar surface area (TPSA) is 74.8 Å². The van der Waals surface area contributed by atoms with Crippen LogP contribution in [0.1, 0.15) is 15.9 Å². The van der Waals surface area contributed by atoms with Crippen LogP contribution in [0, 0.1) is 17.1 Å². The number of halogens is 1. The van der Waals surface area contributed by atoms with E-state index >= 15 is 0 Å². The number of thiazole rings is 1. The van der Waals surface area contributed by atoms with E-state index in [1.54, 1.807) is 46.1 Å². The fourth-order valence-electron chi connectivity index (χ4n) is 2.76. The number of carbonyl (C=O) groups excluding carboxylic acids is 1. The summed E-state index contributed by atoms with van der Waals surface area (Å²) in [7, 11) is 0. The first-order valence-corrected chi connectivity index (χ1v) is 9.31. The highest BCUT2D eigenvalue weighted by molar-refractivity contribution is 7.22. The van der Waals surface area contributed by atoms with Gasteiger partial charge < -0.3 is 0 Å². The second-order valence-corrected chi connectivity index (χ2v) is 7.03. The van der Waals surface area contributed by atoms with Gasteiger partial charge in [-0.25, -0.2) is 9.37 Å². The molecule has 0 saturated heterocycles. The lowest BCUT2D eigenvalue weighted by Crippen LogP contribution is -2.34. The number of nitrogens with zero attached hydrogens (tertiary/aromatic N) is 5. The van der Waals surface area contributed by atoms with Crippen LogP contribution in [0.25, 0.3) is 10.2 Å². The van der Waals surface area contributed by atoms with Gasteiger partial charge in [-0.2, -0.15) is 10.4 Å². The molecule has 0 unspecified atom stereocenters. The van der Waals surface area contributed by atoms with Crippen LogP contribution < -0.4 is 4.90 Å². The molecule has 138 valence electrons. The maximum atomic E-state index is 13.5. The zero-order chi connectivity index (χ0) is 19.5. The summed E-state index contributed by atoms with van der Waals surface area (Å²) in [6, 6.07) is 14.7. The van der Waals surface area contributed by atoms with Gasteiger partial charge in [-0.3, -0.25) is 14.4 Å². The molecule has 6 nitrogen and oxygen atoms in total. The van der Waals surface area contributed by atoms with Crippen molar-refractivity contribution in [2.24, 2.45) is 0 Å². The Morgan fingerprint density at radius 3 is 2.79 bits per heavy atom. The van der Waals surface area contributed by atoms with Crippen molar-refractivity contribution in [2.75, 3.05) is 11.4 Å². The number of anilines is 1. The van der Waals surface area contributed by atoms with E-state index in [4.69, 9.17) is 5.26 Å². The van der Waals surface area contributed by atoms with Crippen LogP contribution in [0.3, 0.4) is 0 Å². The number of carbonyl (C=O) groups is 1. The lowest BCUT2D eigenvalue weighted by Gasteiger charge is -2.20. The molecule has 2 heterocycles. The van der Waals surface area contributed by atoms with E-state index in [2.05, 4.69) is 10.1 Å². The highest BCUT2D eigenvalue weighted by Gasteiger charge is 2.21. The summed E-state index contributed by atoms with van der Waals surface area (Å²) in [5, 5.41) is 13.6. The molecule has 0 aliphatic rings. The lowest BCUT2D eigenvalue weighted by molar-refractivity contribution is 0.0986. The van der Waals surface area contributed by atoms with Crippen LogP contribution in [0.2, 0.25) is 0 Å². The highest BCUT2D eigenvalue weighted by atomic mass is 32.1. The van der Waals surface area contributed by atoms with Crippen molar-refractivity contribution in [2.45, 2.75) is 6.54 Å². The molecule has 0 N–H and O–H groups in total. The predicted octanol–water partition coefficient (Wildman–Crippen LogP) is 3.85. The number of hydrogen-bond donors (Lipinski definition) is 0. The second kappa shape index (κ2) is 7.58. The third kappa shape index (κ3) is 3.61. The number of fused-ring (bicyclic) bond motifs is 1. The van der Waals surface area contributed by atoms with Crippen molar-refractivity contribution in [3.05, 3.63) is 77.9 Å². The number of nitriles is 1. The van der Waals surface area contributed by atoms with E-state index in [1.807, 2.05) is 18.3 Å². The van der Waals surface area contributed by atoms with Gasteiger partial charge in [0.05, 0.1) is 28.4 Å². The van der Waals surface area contributed by atoms with Crippen LogP contribution >= 0.6 is 11.3 Å². The Hall–Kier alpha value is -3.57. The van der Waals surface area contributed by atoms with Gasteiger partial charge in [0, 0.05) is 24.5 Å². The van der Waals surface area contributed by atoms with Gasteiger partial charge >= 0.3 is 0 Å². The first-order valence-electron chi connectivity index (χ1n) is 8.49. The molecule has 0 saturated carbocycles. The molecule has 0 bridgehead atoms. The number of benzene rings is 2. The van der Waals surface area contributed by atoms with Crippen molar-refractivity contribution in [3.63, 3.8) is 0 Å². The Morgan fingerprint density at radius 2 is 2.07 bits per heavy atom. The molecule has 0 atom stereocenters. The van der Waals surface area contributed by atoms with Crippen LogP contribution in [0.15, 0.2) is 60.9 Å². The molecule has 0 aliphatic heterocycles. The lowest BCUT2D eigenvalue weighted by atomic mass is 10.1. The zero-order valence-electron chi connectivity index (χ0n) is 14.6. The fourth-order valence-corrected chi connectivity index (χ4v) is 3.78. The first-order chi connectivity index (χ1) is 13.6. The summed E-state index contributed by atoms with van der Waals surface area (Å²) in [5.41, 5.74) is 1.57. The average Bonchev–Trinajstić information content (AvgIpc) is 3.37. The van der Waals surface area contributed by atoms with Crippen LogP contribution in [0.4, 0.5) is 9.52 Å². The Kier molecular flexibility index (Phi) is 4.83. The Labute approximate surface area is 164 Å². The van der Waals surface area contributed by atoms with Crippen molar-refractivity contribution >= 4 is 32.6 Å². The molecule has 8 heteroatoms. The van der Waals surface area contributed by atoms with E-state index in [9.17, 15) is 9.18 Å². The minimum absolute atomic E-state index is 0.240. The molecule has 4 rings (SSSR count). The van der Waals surface area contributed by atoms with Crippen LogP contribution in [-0.2, 0) is 6.54 Å². The van der Waals surface area contributed by atoms with Crippen molar-refractivity contribution in [1.82, 2.24) is 14.8 Å². The predicted molar refractivity (Wildman–Crippen MR) is 105 cm³/mol. The van der Waals surface area contributed by atoms with Gasteiger partial charge in [0.15, 0.2) is 5.13 Å². The van der Waals surface area contributed by atoms with E-state index in [0.717, 1.165) is 0 Å². The van der Waals surface area contributed by atoms with Crippen LogP contribution in [-0.4, -0.2) is 27.2 Å². The summed E-state index contributed by atoms with van der Waals surface area (Å²) in [6.07, 6.45) is 3.49. The number of hydrogen-bond acceptors (Lipinski definition) is 5. The maximum absolute atomic E-state index is 13.5.